The normalized spacial score (nSPS) is 10.3. The summed E-state index contributed by atoms with van der Waals surface area (Å²) in [6.07, 6.45) is 0. The monoisotopic (exact) mass is 358 g/mol. The average molecular weight is 360 g/mol. The van der Waals surface area contributed by atoms with E-state index in [2.05, 4.69) is 37.2 Å². The van der Waals surface area contributed by atoms with E-state index in [0.717, 1.165) is 10.2 Å². The quantitative estimate of drug-likeness (QED) is 0.764. The molecule has 0 heterocycles. The van der Waals surface area contributed by atoms with E-state index < -0.39 is 0 Å². The largest absolute Gasteiger partial charge is 0.397 e. The van der Waals surface area contributed by atoms with Crippen molar-refractivity contribution in [1.29, 1.82) is 0 Å². The SMILES string of the molecule is Nc1cc(Br)c(F)cc1Nc1ccccc1Br. The zero-order valence-corrected chi connectivity index (χ0v) is 11.8. The first-order valence-electron chi connectivity index (χ1n) is 4.84. The fourth-order valence-corrected chi connectivity index (χ4v) is 2.12. The molecule has 2 nitrogen and oxygen atoms in total. The van der Waals surface area contributed by atoms with Crippen molar-refractivity contribution in [1.82, 2.24) is 0 Å². The smallest absolute Gasteiger partial charge is 0.139 e. The van der Waals surface area contributed by atoms with Crippen LogP contribution in [0.15, 0.2) is 45.3 Å². The zero-order valence-electron chi connectivity index (χ0n) is 8.68. The predicted molar refractivity (Wildman–Crippen MR) is 75.9 cm³/mol. The van der Waals surface area contributed by atoms with Gasteiger partial charge < -0.3 is 11.1 Å². The van der Waals surface area contributed by atoms with E-state index in [-0.39, 0.29) is 5.82 Å². The van der Waals surface area contributed by atoms with Crippen molar-refractivity contribution in [3.63, 3.8) is 0 Å². The van der Waals surface area contributed by atoms with Crippen LogP contribution in [0.5, 0.6) is 0 Å². The number of nitrogens with two attached hydrogens (primary N) is 1. The number of anilines is 3. The molecule has 0 bridgehead atoms. The van der Waals surface area contributed by atoms with Crippen LogP contribution < -0.4 is 11.1 Å². The van der Waals surface area contributed by atoms with E-state index in [4.69, 9.17) is 5.73 Å². The lowest BCUT2D eigenvalue weighted by Gasteiger charge is -2.11. The number of para-hydroxylation sites is 1. The van der Waals surface area contributed by atoms with Gasteiger partial charge in [-0.05, 0) is 50.1 Å². The molecule has 2 aromatic rings. The molecular weight excluding hydrogens is 351 g/mol. The fourth-order valence-electron chi connectivity index (χ4n) is 1.38. The molecule has 5 heteroatoms. The maximum absolute atomic E-state index is 13.4. The van der Waals surface area contributed by atoms with Crippen molar-refractivity contribution >= 4 is 48.9 Å². The minimum absolute atomic E-state index is 0.353. The molecule has 0 atom stereocenters. The number of nitrogens with one attached hydrogen (secondary N) is 1. The zero-order chi connectivity index (χ0) is 12.4. The van der Waals surface area contributed by atoms with Crippen LogP contribution in [0.4, 0.5) is 21.5 Å². The number of rotatable bonds is 2. The van der Waals surface area contributed by atoms with Crippen molar-refractivity contribution in [3.05, 3.63) is 51.2 Å². The van der Waals surface area contributed by atoms with Crippen molar-refractivity contribution < 1.29 is 4.39 Å². The van der Waals surface area contributed by atoms with Crippen LogP contribution in [0.25, 0.3) is 0 Å². The summed E-state index contributed by atoms with van der Waals surface area (Å²) < 4.78 is 14.7. The maximum Gasteiger partial charge on any atom is 0.139 e. The Morgan fingerprint density at radius 2 is 1.71 bits per heavy atom. The van der Waals surface area contributed by atoms with E-state index in [0.29, 0.717) is 15.8 Å². The van der Waals surface area contributed by atoms with Gasteiger partial charge in [0.05, 0.1) is 21.5 Å². The first kappa shape index (κ1) is 12.4. The van der Waals surface area contributed by atoms with Crippen molar-refractivity contribution in [2.75, 3.05) is 11.1 Å². The van der Waals surface area contributed by atoms with Crippen molar-refractivity contribution in [3.8, 4) is 0 Å². The first-order valence-corrected chi connectivity index (χ1v) is 6.42. The van der Waals surface area contributed by atoms with Gasteiger partial charge in [-0.2, -0.15) is 0 Å². The lowest BCUT2D eigenvalue weighted by atomic mass is 10.2. The number of hydrogen-bond acceptors (Lipinski definition) is 2. The summed E-state index contributed by atoms with van der Waals surface area (Å²) in [5.41, 5.74) is 7.67. The number of benzene rings is 2. The highest BCUT2D eigenvalue weighted by atomic mass is 79.9. The van der Waals surface area contributed by atoms with Gasteiger partial charge in [0.15, 0.2) is 0 Å². The van der Waals surface area contributed by atoms with Gasteiger partial charge in [-0.3, -0.25) is 0 Å². The van der Waals surface area contributed by atoms with E-state index in [1.807, 2.05) is 24.3 Å². The van der Waals surface area contributed by atoms with Crippen LogP contribution in [0, 0.1) is 5.82 Å². The van der Waals surface area contributed by atoms with Gasteiger partial charge in [-0.15, -0.1) is 0 Å². The Kier molecular flexibility index (Phi) is 3.69. The molecule has 0 aliphatic carbocycles. The van der Waals surface area contributed by atoms with Gasteiger partial charge in [0.2, 0.25) is 0 Å². The summed E-state index contributed by atoms with van der Waals surface area (Å²) in [4.78, 5) is 0. The highest BCUT2D eigenvalue weighted by molar-refractivity contribution is 9.10. The predicted octanol–water partition coefficient (Wildman–Crippen LogP) is 4.68. The van der Waals surface area contributed by atoms with Gasteiger partial charge in [0, 0.05) is 10.5 Å². The average Bonchev–Trinajstić information content (AvgIpc) is 2.29. The second-order valence-corrected chi connectivity index (χ2v) is 5.17. The van der Waals surface area contributed by atoms with Gasteiger partial charge in [-0.25, -0.2) is 4.39 Å². The molecule has 0 aliphatic heterocycles. The number of halogens is 3. The second-order valence-electron chi connectivity index (χ2n) is 3.46. The van der Waals surface area contributed by atoms with Crippen LogP contribution in [-0.2, 0) is 0 Å². The lowest BCUT2D eigenvalue weighted by Crippen LogP contribution is -1.98. The molecule has 2 rings (SSSR count). The summed E-state index contributed by atoms with van der Waals surface area (Å²) in [6, 6.07) is 10.5. The third-order valence-corrected chi connectivity index (χ3v) is 3.53. The lowest BCUT2D eigenvalue weighted by molar-refractivity contribution is 0.622. The Balaban J connectivity index is 2.37. The third-order valence-electron chi connectivity index (χ3n) is 2.24. The van der Waals surface area contributed by atoms with Gasteiger partial charge in [0.1, 0.15) is 5.82 Å². The topological polar surface area (TPSA) is 38.0 Å². The molecule has 0 saturated carbocycles. The molecule has 88 valence electrons. The third kappa shape index (κ3) is 2.79. The van der Waals surface area contributed by atoms with Crippen molar-refractivity contribution in [2.45, 2.75) is 0 Å². The van der Waals surface area contributed by atoms with Crippen LogP contribution in [0.1, 0.15) is 0 Å². The van der Waals surface area contributed by atoms with Gasteiger partial charge in [-0.1, -0.05) is 12.1 Å². The van der Waals surface area contributed by atoms with Crippen LogP contribution in [0.3, 0.4) is 0 Å². The number of nitrogen functional groups attached to an aromatic ring is 1. The molecule has 17 heavy (non-hydrogen) atoms. The summed E-state index contributed by atoms with van der Waals surface area (Å²) in [6.45, 7) is 0. The van der Waals surface area contributed by atoms with E-state index in [1.165, 1.54) is 12.1 Å². The summed E-state index contributed by atoms with van der Waals surface area (Å²) in [7, 11) is 0. The molecule has 0 aliphatic rings. The molecule has 0 spiro atoms. The Labute approximate surface area is 115 Å². The Morgan fingerprint density at radius 3 is 2.41 bits per heavy atom. The molecule has 0 unspecified atom stereocenters. The first-order chi connectivity index (χ1) is 8.08. The Morgan fingerprint density at radius 1 is 1.00 bits per heavy atom. The standard InChI is InChI=1S/C12H9Br2FN2/c13-7-3-1-2-4-11(7)17-12-6-9(15)8(14)5-10(12)16/h1-6,17H,16H2. The summed E-state index contributed by atoms with van der Waals surface area (Å²) in [5.74, 6) is -0.353. The van der Waals surface area contributed by atoms with Crippen LogP contribution in [-0.4, -0.2) is 0 Å². The van der Waals surface area contributed by atoms with Gasteiger partial charge >= 0.3 is 0 Å². The van der Waals surface area contributed by atoms with Gasteiger partial charge in [0.25, 0.3) is 0 Å². The molecular formula is C12H9Br2FN2. The van der Waals surface area contributed by atoms with E-state index >= 15 is 0 Å². The maximum atomic E-state index is 13.4. The highest BCUT2D eigenvalue weighted by Gasteiger charge is 2.07. The highest BCUT2D eigenvalue weighted by Crippen LogP contribution is 2.31. The molecule has 0 amide bonds. The van der Waals surface area contributed by atoms with Crippen LogP contribution in [0.2, 0.25) is 0 Å². The minimum atomic E-state index is -0.353. The molecule has 3 N–H and O–H groups in total. The molecule has 0 radical (unpaired) electrons. The van der Waals surface area contributed by atoms with E-state index in [1.54, 1.807) is 0 Å². The van der Waals surface area contributed by atoms with Crippen molar-refractivity contribution in [2.24, 2.45) is 0 Å². The summed E-state index contributed by atoms with van der Waals surface area (Å²) >= 11 is 6.49. The molecule has 0 saturated heterocycles. The summed E-state index contributed by atoms with van der Waals surface area (Å²) in [5, 5.41) is 3.08. The second kappa shape index (κ2) is 5.06. The Bertz CT molecular complexity index is 558. The molecule has 0 fully saturated rings. The fraction of sp³-hybridized carbons (Fsp3) is 0. The minimum Gasteiger partial charge on any atom is -0.397 e. The molecule has 0 aromatic heterocycles. The Hall–Kier alpha value is -1.07. The number of hydrogen-bond donors (Lipinski definition) is 2. The van der Waals surface area contributed by atoms with E-state index in [9.17, 15) is 4.39 Å². The molecule has 2 aromatic carbocycles. The van der Waals surface area contributed by atoms with Crippen LogP contribution >= 0.6 is 31.9 Å².